The molecular formula is C7H11NO5. The van der Waals surface area contributed by atoms with Crippen LogP contribution in [-0.2, 0) is 4.74 Å². The van der Waals surface area contributed by atoms with E-state index in [4.69, 9.17) is 9.84 Å². The molecule has 0 aromatic heterocycles. The smallest absolute Gasteiger partial charge is 0.407 e. The summed E-state index contributed by atoms with van der Waals surface area (Å²) in [5, 5.41) is 30.1. The second-order valence-corrected chi connectivity index (χ2v) is 3.37. The van der Waals surface area contributed by atoms with Crippen molar-refractivity contribution in [3.05, 3.63) is 0 Å². The van der Waals surface area contributed by atoms with Gasteiger partial charge in [-0.1, -0.05) is 0 Å². The van der Waals surface area contributed by atoms with E-state index in [9.17, 15) is 15.0 Å². The van der Waals surface area contributed by atoms with Crippen molar-refractivity contribution >= 4 is 6.09 Å². The van der Waals surface area contributed by atoms with Crippen molar-refractivity contribution in [2.45, 2.75) is 24.4 Å². The molecular weight excluding hydrogens is 178 g/mol. The molecule has 0 aromatic carbocycles. The molecule has 1 saturated heterocycles. The predicted octanol–water partition coefficient (Wildman–Crippen LogP) is -2.19. The quantitative estimate of drug-likeness (QED) is 0.375. The summed E-state index contributed by atoms with van der Waals surface area (Å²) in [5.74, 6) is -0.598. The number of carbonyl (C=O) groups is 1. The molecule has 74 valence electrons. The Hall–Kier alpha value is -0.850. The largest absolute Gasteiger partial charge is 0.443 e. The van der Waals surface area contributed by atoms with Crippen molar-refractivity contribution in [3.63, 3.8) is 0 Å². The fourth-order valence-electron chi connectivity index (χ4n) is 1.95. The molecule has 0 radical (unpaired) electrons. The number of aliphatic hydroxyl groups is 3. The molecule has 0 bridgehead atoms. The molecule has 2 aliphatic rings. The fraction of sp³-hybridized carbons (Fsp3) is 0.857. The number of rotatable bonds is 1. The lowest BCUT2D eigenvalue weighted by Crippen LogP contribution is -2.40. The highest BCUT2D eigenvalue weighted by Gasteiger charge is 2.55. The molecule has 1 heterocycles. The first kappa shape index (κ1) is 8.74. The average Bonchev–Trinajstić information content (AvgIpc) is 2.54. The third-order valence-corrected chi connectivity index (χ3v) is 2.67. The lowest BCUT2D eigenvalue weighted by atomic mass is 10.1. The third kappa shape index (κ3) is 1.10. The minimum atomic E-state index is -1.06. The van der Waals surface area contributed by atoms with Crippen LogP contribution in [0.2, 0.25) is 0 Å². The Balaban J connectivity index is 2.19. The summed E-state index contributed by atoms with van der Waals surface area (Å²) >= 11 is 0. The van der Waals surface area contributed by atoms with Crippen LogP contribution in [0.1, 0.15) is 0 Å². The standard InChI is InChI=1S/C7H11NO5/c9-1-2-4(10)5(11)3-6(2)13-7(12)8-3/h2-6,9-11H,1H2,(H,8,12)/t2-,3-,4-,5-,6+/m1/s1. The van der Waals surface area contributed by atoms with Gasteiger partial charge in [-0.25, -0.2) is 4.79 Å². The van der Waals surface area contributed by atoms with Crippen LogP contribution in [0.3, 0.4) is 0 Å². The Morgan fingerprint density at radius 1 is 1.38 bits per heavy atom. The second-order valence-electron chi connectivity index (χ2n) is 3.37. The molecule has 5 atom stereocenters. The zero-order chi connectivity index (χ0) is 9.59. The highest BCUT2D eigenvalue weighted by atomic mass is 16.6. The van der Waals surface area contributed by atoms with Gasteiger partial charge in [0.05, 0.1) is 18.8 Å². The Bertz CT molecular complexity index is 233. The lowest BCUT2D eigenvalue weighted by Gasteiger charge is -2.16. The normalized spacial score (nSPS) is 48.5. The minimum Gasteiger partial charge on any atom is -0.443 e. The van der Waals surface area contributed by atoms with E-state index in [-0.39, 0.29) is 6.61 Å². The summed E-state index contributed by atoms with van der Waals surface area (Å²) in [4.78, 5) is 10.8. The molecule has 2 rings (SSSR count). The first-order valence-corrected chi connectivity index (χ1v) is 4.09. The van der Waals surface area contributed by atoms with Gasteiger partial charge in [0.15, 0.2) is 0 Å². The van der Waals surface area contributed by atoms with Crippen molar-refractivity contribution < 1.29 is 24.9 Å². The van der Waals surface area contributed by atoms with E-state index in [1.54, 1.807) is 0 Å². The van der Waals surface area contributed by atoms with Gasteiger partial charge in [0.25, 0.3) is 0 Å². The first-order valence-electron chi connectivity index (χ1n) is 4.09. The molecule has 0 spiro atoms. The minimum absolute atomic E-state index is 0.311. The van der Waals surface area contributed by atoms with Crippen LogP contribution < -0.4 is 5.32 Å². The van der Waals surface area contributed by atoms with Gasteiger partial charge in [-0.3, -0.25) is 0 Å². The van der Waals surface area contributed by atoms with Gasteiger partial charge in [0.2, 0.25) is 0 Å². The van der Waals surface area contributed by atoms with Gasteiger partial charge in [-0.05, 0) is 0 Å². The third-order valence-electron chi connectivity index (χ3n) is 2.67. The van der Waals surface area contributed by atoms with E-state index in [1.807, 2.05) is 0 Å². The Morgan fingerprint density at radius 3 is 2.69 bits per heavy atom. The van der Waals surface area contributed by atoms with E-state index in [1.165, 1.54) is 0 Å². The number of aliphatic hydroxyl groups excluding tert-OH is 3. The fourth-order valence-corrected chi connectivity index (χ4v) is 1.95. The molecule has 1 aliphatic carbocycles. The topological polar surface area (TPSA) is 99.0 Å². The maximum atomic E-state index is 10.8. The summed E-state index contributed by atoms with van der Waals surface area (Å²) in [6.07, 6.45) is -3.34. The van der Waals surface area contributed by atoms with Gasteiger partial charge in [-0.15, -0.1) is 0 Å². The zero-order valence-corrected chi connectivity index (χ0v) is 6.75. The number of carbonyl (C=O) groups excluding carboxylic acids is 1. The van der Waals surface area contributed by atoms with Gasteiger partial charge in [0, 0.05) is 5.92 Å². The summed E-state index contributed by atoms with van der Waals surface area (Å²) in [6.45, 7) is -0.311. The Kier molecular flexibility index (Phi) is 1.90. The second kappa shape index (κ2) is 2.83. The number of hydrogen-bond acceptors (Lipinski definition) is 5. The molecule has 1 aliphatic heterocycles. The molecule has 0 unspecified atom stereocenters. The van der Waals surface area contributed by atoms with E-state index in [2.05, 4.69) is 5.32 Å². The van der Waals surface area contributed by atoms with E-state index < -0.39 is 36.4 Å². The average molecular weight is 189 g/mol. The first-order chi connectivity index (χ1) is 6.15. The van der Waals surface area contributed by atoms with Gasteiger partial charge in [-0.2, -0.15) is 0 Å². The van der Waals surface area contributed by atoms with Crippen LogP contribution in [0.15, 0.2) is 0 Å². The van der Waals surface area contributed by atoms with Crippen molar-refractivity contribution in [3.8, 4) is 0 Å². The highest BCUT2D eigenvalue weighted by molar-refractivity contribution is 5.70. The number of amides is 1. The molecule has 0 aromatic rings. The van der Waals surface area contributed by atoms with E-state index in [0.29, 0.717) is 0 Å². The van der Waals surface area contributed by atoms with E-state index in [0.717, 1.165) is 0 Å². The molecule has 2 fully saturated rings. The van der Waals surface area contributed by atoms with Crippen LogP contribution in [-0.4, -0.2) is 52.4 Å². The zero-order valence-electron chi connectivity index (χ0n) is 6.75. The summed E-state index contributed by atoms with van der Waals surface area (Å²) in [6, 6.07) is -0.598. The van der Waals surface area contributed by atoms with Crippen molar-refractivity contribution in [2.24, 2.45) is 5.92 Å². The van der Waals surface area contributed by atoms with E-state index >= 15 is 0 Å². The molecule has 4 N–H and O–H groups in total. The van der Waals surface area contributed by atoms with Crippen LogP contribution >= 0.6 is 0 Å². The van der Waals surface area contributed by atoms with Crippen LogP contribution in [0, 0.1) is 5.92 Å². The van der Waals surface area contributed by atoms with Gasteiger partial charge >= 0.3 is 6.09 Å². The van der Waals surface area contributed by atoms with Crippen LogP contribution in [0.4, 0.5) is 4.79 Å². The summed E-state index contributed by atoms with van der Waals surface area (Å²) < 4.78 is 4.80. The molecule has 6 nitrogen and oxygen atoms in total. The number of nitrogens with one attached hydrogen (secondary N) is 1. The molecule has 13 heavy (non-hydrogen) atoms. The predicted molar refractivity (Wildman–Crippen MR) is 39.8 cm³/mol. The number of alkyl carbamates (subject to hydrolysis) is 1. The summed E-state index contributed by atoms with van der Waals surface area (Å²) in [7, 11) is 0. The molecule has 1 saturated carbocycles. The van der Waals surface area contributed by atoms with Gasteiger partial charge < -0.3 is 25.4 Å². The Morgan fingerprint density at radius 2 is 2.08 bits per heavy atom. The van der Waals surface area contributed by atoms with Crippen molar-refractivity contribution in [2.75, 3.05) is 6.61 Å². The maximum Gasteiger partial charge on any atom is 0.407 e. The number of ether oxygens (including phenoxy) is 1. The monoisotopic (exact) mass is 189 g/mol. The van der Waals surface area contributed by atoms with Gasteiger partial charge in [0.1, 0.15) is 12.2 Å². The molecule has 6 heteroatoms. The number of fused-ring (bicyclic) bond motifs is 1. The lowest BCUT2D eigenvalue weighted by molar-refractivity contribution is -0.0130. The van der Waals surface area contributed by atoms with Crippen molar-refractivity contribution in [1.82, 2.24) is 5.32 Å². The number of hydrogen-bond donors (Lipinski definition) is 4. The molecule has 1 amide bonds. The van der Waals surface area contributed by atoms with Crippen LogP contribution in [0.25, 0.3) is 0 Å². The SMILES string of the molecule is O=C1N[C@@H]2[C@@H](O)[C@H](O)[C@@H](CO)[C@@H]2O1. The Labute approximate surface area is 74.1 Å². The highest BCUT2D eigenvalue weighted by Crippen LogP contribution is 2.32. The van der Waals surface area contributed by atoms with Crippen LogP contribution in [0.5, 0.6) is 0 Å². The summed E-state index contributed by atoms with van der Waals surface area (Å²) in [5.41, 5.74) is 0. The maximum absolute atomic E-state index is 10.8. The van der Waals surface area contributed by atoms with Crippen molar-refractivity contribution in [1.29, 1.82) is 0 Å².